The van der Waals surface area contributed by atoms with Crippen LogP contribution in [-0.2, 0) is 7.05 Å². The van der Waals surface area contributed by atoms with Crippen molar-refractivity contribution in [1.29, 1.82) is 0 Å². The molecule has 0 fully saturated rings. The first-order valence-corrected chi connectivity index (χ1v) is 7.46. The van der Waals surface area contributed by atoms with E-state index in [9.17, 15) is 0 Å². The van der Waals surface area contributed by atoms with E-state index in [4.69, 9.17) is 9.47 Å². The van der Waals surface area contributed by atoms with Crippen molar-refractivity contribution < 1.29 is 9.47 Å². The maximum absolute atomic E-state index is 5.33. The fraction of sp³-hybridized carbons (Fsp3) is 0.235. The zero-order valence-corrected chi connectivity index (χ0v) is 13.8. The second-order valence-corrected chi connectivity index (χ2v) is 5.17. The van der Waals surface area contributed by atoms with E-state index >= 15 is 0 Å². The molecule has 0 amide bonds. The van der Waals surface area contributed by atoms with Crippen LogP contribution in [0.3, 0.4) is 0 Å². The van der Waals surface area contributed by atoms with Crippen molar-refractivity contribution >= 4 is 5.95 Å². The van der Waals surface area contributed by atoms with Crippen molar-refractivity contribution in [3.05, 3.63) is 60.3 Å². The van der Waals surface area contributed by atoms with Gasteiger partial charge in [0.2, 0.25) is 11.8 Å². The number of hydrogen-bond acceptors (Lipinski definition) is 6. The molecule has 7 nitrogen and oxygen atoms in total. The van der Waals surface area contributed by atoms with Gasteiger partial charge >= 0.3 is 0 Å². The fourth-order valence-electron chi connectivity index (χ4n) is 2.43. The highest BCUT2D eigenvalue weighted by atomic mass is 16.5. The summed E-state index contributed by atoms with van der Waals surface area (Å²) in [7, 11) is 5.17. The maximum Gasteiger partial charge on any atom is 0.226 e. The molecular weight excluding hydrogens is 306 g/mol. The van der Waals surface area contributed by atoms with Crippen LogP contribution < -0.4 is 14.8 Å². The van der Waals surface area contributed by atoms with Gasteiger partial charge < -0.3 is 19.4 Å². The molecule has 0 aliphatic heterocycles. The number of aromatic nitrogens is 4. The van der Waals surface area contributed by atoms with Crippen LogP contribution in [0.5, 0.6) is 11.6 Å². The Morgan fingerprint density at radius 1 is 1.08 bits per heavy atom. The Labute approximate surface area is 140 Å². The number of aryl methyl sites for hydroxylation is 1. The van der Waals surface area contributed by atoms with Crippen LogP contribution in [0.15, 0.2) is 48.9 Å². The van der Waals surface area contributed by atoms with Gasteiger partial charge in [-0.05, 0) is 17.7 Å². The minimum absolute atomic E-state index is 0.229. The van der Waals surface area contributed by atoms with Crippen molar-refractivity contribution in [2.45, 2.75) is 6.04 Å². The summed E-state index contributed by atoms with van der Waals surface area (Å²) in [6.45, 7) is 0. The van der Waals surface area contributed by atoms with E-state index in [1.165, 1.54) is 0 Å². The summed E-state index contributed by atoms with van der Waals surface area (Å²) in [5.74, 6) is 2.58. The van der Waals surface area contributed by atoms with Crippen LogP contribution >= 0.6 is 0 Å². The maximum atomic E-state index is 5.33. The Bertz CT molecular complexity index is 818. The fourth-order valence-corrected chi connectivity index (χ4v) is 2.43. The summed E-state index contributed by atoms with van der Waals surface area (Å²) in [6, 6.07) is 9.29. The number of ether oxygens (including phenoxy) is 2. The third-order valence-corrected chi connectivity index (χ3v) is 3.66. The number of nitrogens with one attached hydrogen (secondary N) is 1. The van der Waals surface area contributed by atoms with Crippen molar-refractivity contribution in [3.8, 4) is 11.6 Å². The lowest BCUT2D eigenvalue weighted by Gasteiger charge is -2.19. The second-order valence-electron chi connectivity index (χ2n) is 5.17. The molecule has 0 aliphatic rings. The lowest BCUT2D eigenvalue weighted by atomic mass is 10.1. The van der Waals surface area contributed by atoms with E-state index in [0.717, 1.165) is 17.1 Å². The highest BCUT2D eigenvalue weighted by Crippen LogP contribution is 2.27. The van der Waals surface area contributed by atoms with Crippen molar-refractivity contribution in [1.82, 2.24) is 19.5 Å². The molecular formula is C17H19N5O2. The number of methoxy groups -OCH3 is 2. The molecule has 0 radical (unpaired) electrons. The van der Waals surface area contributed by atoms with Crippen molar-refractivity contribution in [2.24, 2.45) is 7.05 Å². The Hall–Kier alpha value is -3.09. The molecule has 0 spiro atoms. The van der Waals surface area contributed by atoms with Gasteiger partial charge in [-0.3, -0.25) is 0 Å². The Kier molecular flexibility index (Phi) is 4.60. The molecule has 1 aromatic carbocycles. The lowest BCUT2D eigenvalue weighted by Crippen LogP contribution is -2.18. The van der Waals surface area contributed by atoms with Gasteiger partial charge in [0.05, 0.1) is 14.2 Å². The van der Waals surface area contributed by atoms with Gasteiger partial charge in [0.15, 0.2) is 0 Å². The SMILES string of the molecule is COc1cccc([C@H](Nc2nccc(OC)n2)c2nccn2C)c1. The van der Waals surface area contributed by atoms with E-state index in [1.807, 2.05) is 42.1 Å². The third kappa shape index (κ3) is 3.29. The Morgan fingerprint density at radius 3 is 2.67 bits per heavy atom. The van der Waals surface area contributed by atoms with Gasteiger partial charge in [-0.2, -0.15) is 4.98 Å². The average molecular weight is 325 g/mol. The first kappa shape index (κ1) is 15.8. The summed E-state index contributed by atoms with van der Waals surface area (Å²) < 4.78 is 12.4. The first-order valence-electron chi connectivity index (χ1n) is 7.46. The van der Waals surface area contributed by atoms with Crippen LogP contribution in [0.2, 0.25) is 0 Å². The van der Waals surface area contributed by atoms with Gasteiger partial charge in [-0.15, -0.1) is 0 Å². The molecule has 3 aromatic rings. The molecule has 7 heteroatoms. The number of anilines is 1. The van der Waals surface area contributed by atoms with Gasteiger partial charge in [0.1, 0.15) is 17.6 Å². The smallest absolute Gasteiger partial charge is 0.226 e. The monoisotopic (exact) mass is 325 g/mol. The van der Waals surface area contributed by atoms with Crippen LogP contribution in [0.25, 0.3) is 0 Å². The molecule has 1 atom stereocenters. The number of rotatable bonds is 6. The van der Waals surface area contributed by atoms with Gasteiger partial charge in [-0.1, -0.05) is 12.1 Å². The highest BCUT2D eigenvalue weighted by molar-refractivity contribution is 5.40. The van der Waals surface area contributed by atoms with Gasteiger partial charge in [-0.25, -0.2) is 9.97 Å². The van der Waals surface area contributed by atoms with Crippen LogP contribution in [0.1, 0.15) is 17.4 Å². The predicted octanol–water partition coefficient (Wildman–Crippen LogP) is 2.43. The zero-order chi connectivity index (χ0) is 16.9. The van der Waals surface area contributed by atoms with Gasteiger partial charge in [0, 0.05) is 31.7 Å². The molecule has 0 saturated carbocycles. The Balaban J connectivity index is 2.00. The summed E-state index contributed by atoms with van der Waals surface area (Å²) in [4.78, 5) is 13.0. The summed E-state index contributed by atoms with van der Waals surface area (Å²) >= 11 is 0. The first-order chi connectivity index (χ1) is 11.7. The molecule has 1 N–H and O–H groups in total. The summed E-state index contributed by atoms with van der Waals surface area (Å²) in [5, 5.41) is 3.32. The van der Waals surface area contributed by atoms with E-state index in [0.29, 0.717) is 11.8 Å². The zero-order valence-electron chi connectivity index (χ0n) is 13.8. The van der Waals surface area contributed by atoms with Gasteiger partial charge in [0.25, 0.3) is 0 Å². The van der Waals surface area contributed by atoms with Crippen LogP contribution in [0, 0.1) is 0 Å². The predicted molar refractivity (Wildman–Crippen MR) is 90.3 cm³/mol. The molecule has 0 saturated heterocycles. The number of hydrogen-bond donors (Lipinski definition) is 1. The number of benzene rings is 1. The van der Waals surface area contributed by atoms with Crippen molar-refractivity contribution in [3.63, 3.8) is 0 Å². The quantitative estimate of drug-likeness (QED) is 0.750. The van der Waals surface area contributed by atoms with E-state index < -0.39 is 0 Å². The molecule has 2 heterocycles. The number of imidazole rings is 1. The highest BCUT2D eigenvalue weighted by Gasteiger charge is 2.20. The lowest BCUT2D eigenvalue weighted by molar-refractivity contribution is 0.397. The Morgan fingerprint density at radius 2 is 1.96 bits per heavy atom. The molecule has 0 aliphatic carbocycles. The molecule has 2 aromatic heterocycles. The third-order valence-electron chi connectivity index (χ3n) is 3.66. The summed E-state index contributed by atoms with van der Waals surface area (Å²) in [5.41, 5.74) is 0.995. The van der Waals surface area contributed by atoms with E-state index in [2.05, 4.69) is 20.3 Å². The molecule has 24 heavy (non-hydrogen) atoms. The van der Waals surface area contributed by atoms with E-state index in [-0.39, 0.29) is 6.04 Å². The average Bonchev–Trinajstić information content (AvgIpc) is 3.05. The van der Waals surface area contributed by atoms with Crippen LogP contribution in [0.4, 0.5) is 5.95 Å². The largest absolute Gasteiger partial charge is 0.497 e. The number of nitrogens with zero attached hydrogens (tertiary/aromatic N) is 4. The standard InChI is InChI=1S/C17H19N5O2/c1-22-10-9-18-16(22)15(12-5-4-6-13(11-12)23-2)21-17-19-8-7-14(20-17)24-3/h4-11,15H,1-3H3,(H,19,20,21)/t15-/m0/s1. The molecule has 0 bridgehead atoms. The summed E-state index contributed by atoms with van der Waals surface area (Å²) in [6.07, 6.45) is 5.31. The second kappa shape index (κ2) is 6.99. The molecule has 124 valence electrons. The molecule has 3 rings (SSSR count). The van der Waals surface area contributed by atoms with E-state index in [1.54, 1.807) is 32.7 Å². The minimum atomic E-state index is -0.229. The minimum Gasteiger partial charge on any atom is -0.497 e. The normalized spacial score (nSPS) is 11.8. The topological polar surface area (TPSA) is 74.1 Å². The van der Waals surface area contributed by atoms with Crippen LogP contribution in [-0.4, -0.2) is 33.7 Å². The van der Waals surface area contributed by atoms with Crippen molar-refractivity contribution in [2.75, 3.05) is 19.5 Å². The molecule has 0 unspecified atom stereocenters.